The van der Waals surface area contributed by atoms with E-state index in [0.29, 0.717) is 24.6 Å². The van der Waals surface area contributed by atoms with E-state index in [1.807, 2.05) is 6.07 Å². The molecule has 126 valence electrons. The molecule has 0 bridgehead atoms. The lowest BCUT2D eigenvalue weighted by Crippen LogP contribution is -2.27. The van der Waals surface area contributed by atoms with Gasteiger partial charge in [0.1, 0.15) is 11.6 Å². The average Bonchev–Trinajstić information content (AvgIpc) is 3.07. The van der Waals surface area contributed by atoms with Crippen molar-refractivity contribution in [1.29, 1.82) is 0 Å². The molecular formula is C18H19FN2O3. The molecule has 5 nitrogen and oxygen atoms in total. The molecule has 0 saturated carbocycles. The van der Waals surface area contributed by atoms with Crippen molar-refractivity contribution in [1.82, 2.24) is 10.3 Å². The van der Waals surface area contributed by atoms with Crippen molar-refractivity contribution in [2.24, 2.45) is 0 Å². The molecule has 1 aromatic carbocycles. The molecular weight excluding hydrogens is 311 g/mol. The third-order valence-corrected chi connectivity index (χ3v) is 3.77. The highest BCUT2D eigenvalue weighted by molar-refractivity contribution is 5.76. The van der Waals surface area contributed by atoms with Crippen molar-refractivity contribution in [3.63, 3.8) is 0 Å². The molecule has 1 aliphatic rings. The van der Waals surface area contributed by atoms with Crippen molar-refractivity contribution in [3.8, 4) is 11.6 Å². The molecule has 24 heavy (non-hydrogen) atoms. The van der Waals surface area contributed by atoms with E-state index in [1.54, 1.807) is 24.4 Å². The highest BCUT2D eigenvalue weighted by Crippen LogP contribution is 2.23. The Morgan fingerprint density at radius 1 is 1.38 bits per heavy atom. The summed E-state index contributed by atoms with van der Waals surface area (Å²) >= 11 is 0. The monoisotopic (exact) mass is 330 g/mol. The van der Waals surface area contributed by atoms with Crippen LogP contribution in [0.1, 0.15) is 24.8 Å². The second-order valence-electron chi connectivity index (χ2n) is 5.64. The summed E-state index contributed by atoms with van der Waals surface area (Å²) in [7, 11) is 0. The molecule has 1 amide bonds. The molecule has 0 radical (unpaired) electrons. The summed E-state index contributed by atoms with van der Waals surface area (Å²) in [6.45, 7) is 1.02. The SMILES string of the molecule is O=C(CC1CCCO1)NCc1cccnc1Oc1cccc(F)c1. The number of hydrogen-bond acceptors (Lipinski definition) is 4. The first-order chi connectivity index (χ1) is 11.7. The molecule has 1 fully saturated rings. The molecule has 3 rings (SSSR count). The van der Waals surface area contributed by atoms with E-state index in [-0.39, 0.29) is 17.8 Å². The lowest BCUT2D eigenvalue weighted by atomic mass is 10.1. The first-order valence-corrected chi connectivity index (χ1v) is 7.96. The molecule has 1 unspecified atom stereocenters. The number of nitrogens with zero attached hydrogens (tertiary/aromatic N) is 1. The minimum atomic E-state index is -0.380. The van der Waals surface area contributed by atoms with Crippen molar-refractivity contribution in [2.45, 2.75) is 31.9 Å². The second kappa shape index (κ2) is 7.88. The third kappa shape index (κ3) is 4.52. The predicted molar refractivity (Wildman–Crippen MR) is 86.1 cm³/mol. The predicted octanol–water partition coefficient (Wildman–Crippen LogP) is 3.20. The summed E-state index contributed by atoms with van der Waals surface area (Å²) in [5.74, 6) is 0.262. The Labute approximate surface area is 139 Å². The number of pyridine rings is 1. The number of rotatable bonds is 6. The van der Waals surface area contributed by atoms with Crippen molar-refractivity contribution in [2.75, 3.05) is 6.61 Å². The number of ether oxygens (including phenoxy) is 2. The molecule has 2 aromatic rings. The van der Waals surface area contributed by atoms with E-state index in [2.05, 4.69) is 10.3 Å². The van der Waals surface area contributed by atoms with Crippen LogP contribution in [0.15, 0.2) is 42.6 Å². The zero-order valence-electron chi connectivity index (χ0n) is 13.2. The largest absolute Gasteiger partial charge is 0.439 e. The van der Waals surface area contributed by atoms with Crippen molar-refractivity contribution >= 4 is 5.91 Å². The number of amides is 1. The maximum atomic E-state index is 13.2. The zero-order valence-corrected chi connectivity index (χ0v) is 13.2. The lowest BCUT2D eigenvalue weighted by Gasteiger charge is -2.12. The molecule has 1 saturated heterocycles. The molecule has 1 N–H and O–H groups in total. The summed E-state index contributed by atoms with van der Waals surface area (Å²) in [5.41, 5.74) is 0.724. The number of aromatic nitrogens is 1. The fourth-order valence-electron chi connectivity index (χ4n) is 2.57. The fourth-order valence-corrected chi connectivity index (χ4v) is 2.57. The van der Waals surface area contributed by atoms with Gasteiger partial charge < -0.3 is 14.8 Å². The number of carbonyl (C=O) groups is 1. The maximum absolute atomic E-state index is 13.2. The normalized spacial score (nSPS) is 16.8. The van der Waals surface area contributed by atoms with Gasteiger partial charge in [0.2, 0.25) is 11.8 Å². The summed E-state index contributed by atoms with van der Waals surface area (Å²) in [6.07, 6.45) is 3.90. The fraction of sp³-hybridized carbons (Fsp3) is 0.333. The highest BCUT2D eigenvalue weighted by atomic mass is 19.1. The second-order valence-corrected chi connectivity index (χ2v) is 5.64. The Kier molecular flexibility index (Phi) is 5.38. The maximum Gasteiger partial charge on any atom is 0.224 e. The number of hydrogen-bond donors (Lipinski definition) is 1. The van der Waals surface area contributed by atoms with Gasteiger partial charge in [-0.05, 0) is 31.0 Å². The molecule has 6 heteroatoms. The van der Waals surface area contributed by atoms with Gasteiger partial charge in [-0.3, -0.25) is 4.79 Å². The number of halogens is 1. The van der Waals surface area contributed by atoms with Crippen LogP contribution in [0.5, 0.6) is 11.6 Å². The highest BCUT2D eigenvalue weighted by Gasteiger charge is 2.19. The molecule has 0 aliphatic carbocycles. The van der Waals surface area contributed by atoms with Crippen LogP contribution in [0.4, 0.5) is 4.39 Å². The van der Waals surface area contributed by atoms with Gasteiger partial charge in [0.15, 0.2) is 0 Å². The topological polar surface area (TPSA) is 60.5 Å². The van der Waals surface area contributed by atoms with E-state index < -0.39 is 0 Å². The van der Waals surface area contributed by atoms with Crippen LogP contribution in [-0.2, 0) is 16.1 Å². The van der Waals surface area contributed by atoms with Crippen molar-refractivity contribution in [3.05, 3.63) is 54.0 Å². The zero-order chi connectivity index (χ0) is 16.8. The van der Waals surface area contributed by atoms with Gasteiger partial charge in [0.25, 0.3) is 0 Å². The first kappa shape index (κ1) is 16.4. The van der Waals surface area contributed by atoms with Gasteiger partial charge in [0.05, 0.1) is 12.5 Å². The molecule has 1 aromatic heterocycles. The third-order valence-electron chi connectivity index (χ3n) is 3.77. The quantitative estimate of drug-likeness (QED) is 0.883. The van der Waals surface area contributed by atoms with Gasteiger partial charge in [-0.25, -0.2) is 9.37 Å². The van der Waals surface area contributed by atoms with Crippen LogP contribution in [-0.4, -0.2) is 23.6 Å². The van der Waals surface area contributed by atoms with Crippen molar-refractivity contribution < 1.29 is 18.7 Å². The van der Waals surface area contributed by atoms with E-state index in [4.69, 9.17) is 9.47 Å². The first-order valence-electron chi connectivity index (χ1n) is 7.96. The minimum Gasteiger partial charge on any atom is -0.439 e. The summed E-state index contributed by atoms with van der Waals surface area (Å²) < 4.78 is 24.3. The summed E-state index contributed by atoms with van der Waals surface area (Å²) in [6, 6.07) is 9.42. The molecule has 2 heterocycles. The lowest BCUT2D eigenvalue weighted by molar-refractivity contribution is -0.123. The van der Waals surface area contributed by atoms with E-state index in [1.165, 1.54) is 12.1 Å². The summed E-state index contributed by atoms with van der Waals surface area (Å²) in [5, 5.41) is 2.85. The average molecular weight is 330 g/mol. The molecule has 1 aliphatic heterocycles. The standard InChI is InChI=1S/C18H19FN2O3/c19-14-5-1-6-16(10-14)24-18-13(4-2-8-20-18)12-21-17(22)11-15-7-3-9-23-15/h1-2,4-6,8,10,15H,3,7,9,11-12H2,(H,21,22). The van der Waals surface area contributed by atoms with E-state index in [9.17, 15) is 9.18 Å². The van der Waals surface area contributed by atoms with Crippen LogP contribution in [0.25, 0.3) is 0 Å². The molecule has 0 spiro atoms. The smallest absolute Gasteiger partial charge is 0.224 e. The molecule has 1 atom stereocenters. The number of benzene rings is 1. The minimum absolute atomic E-state index is 0.0157. The van der Waals surface area contributed by atoms with E-state index in [0.717, 1.165) is 25.0 Å². The Morgan fingerprint density at radius 3 is 3.08 bits per heavy atom. The van der Waals surface area contributed by atoms with Crippen LogP contribution in [0, 0.1) is 5.82 Å². The van der Waals surface area contributed by atoms with Gasteiger partial charge in [-0.1, -0.05) is 12.1 Å². The van der Waals surface area contributed by atoms with Crippen LogP contribution in [0.2, 0.25) is 0 Å². The van der Waals surface area contributed by atoms with Gasteiger partial charge in [-0.15, -0.1) is 0 Å². The Morgan fingerprint density at radius 2 is 2.29 bits per heavy atom. The number of carbonyl (C=O) groups excluding carboxylic acids is 1. The summed E-state index contributed by atoms with van der Waals surface area (Å²) in [4.78, 5) is 16.1. The van der Waals surface area contributed by atoms with Crippen LogP contribution in [0.3, 0.4) is 0 Å². The Balaban J connectivity index is 1.60. The van der Waals surface area contributed by atoms with Crippen LogP contribution >= 0.6 is 0 Å². The van der Waals surface area contributed by atoms with E-state index >= 15 is 0 Å². The van der Waals surface area contributed by atoms with Gasteiger partial charge >= 0.3 is 0 Å². The van der Waals surface area contributed by atoms with Crippen LogP contribution < -0.4 is 10.1 Å². The number of nitrogens with one attached hydrogen (secondary N) is 1. The Hall–Kier alpha value is -2.47. The Bertz CT molecular complexity index is 702. The van der Waals surface area contributed by atoms with Gasteiger partial charge in [-0.2, -0.15) is 0 Å². The van der Waals surface area contributed by atoms with Gasteiger partial charge in [0, 0.05) is 31.0 Å².